The number of aromatic nitrogens is 2. The highest BCUT2D eigenvalue weighted by Crippen LogP contribution is 2.29. The third-order valence-corrected chi connectivity index (χ3v) is 3.79. The first-order valence-corrected chi connectivity index (χ1v) is 7.71. The summed E-state index contributed by atoms with van der Waals surface area (Å²) in [5.74, 6) is 1.30. The number of nitrogens with one attached hydrogen (secondary N) is 2. The van der Waals surface area contributed by atoms with Crippen LogP contribution in [0.15, 0.2) is 36.5 Å². The maximum absolute atomic E-state index is 11.9. The Morgan fingerprint density at radius 1 is 1.41 bits per heavy atom. The van der Waals surface area contributed by atoms with Crippen LogP contribution >= 0.6 is 0 Å². The number of carbonyl (C=O) groups is 1. The number of nitrogens with zero attached hydrogens (tertiary/aromatic N) is 1. The average Bonchev–Trinajstić information content (AvgIpc) is 3.27. The molecule has 0 radical (unpaired) electrons. The van der Waals surface area contributed by atoms with Gasteiger partial charge in [0.2, 0.25) is 5.91 Å². The van der Waals surface area contributed by atoms with Crippen molar-refractivity contribution in [3.63, 3.8) is 0 Å². The molecule has 5 heteroatoms. The number of hydrogen-bond acceptors (Lipinski definition) is 3. The number of imidazole rings is 1. The second-order valence-electron chi connectivity index (χ2n) is 5.75. The summed E-state index contributed by atoms with van der Waals surface area (Å²) >= 11 is 0. The Morgan fingerprint density at radius 2 is 2.18 bits per heavy atom. The maximum Gasteiger partial charge on any atom is 0.249 e. The van der Waals surface area contributed by atoms with Gasteiger partial charge in [0, 0.05) is 0 Å². The number of carbonyl (C=O) groups excluding carboxylic acids is 1. The summed E-state index contributed by atoms with van der Waals surface area (Å²) in [6.07, 6.45) is 3.82. The molecular formula is C17H21N3O2. The Kier molecular flexibility index (Phi) is 4.53. The van der Waals surface area contributed by atoms with E-state index >= 15 is 0 Å². The number of amides is 1. The maximum atomic E-state index is 11.9. The zero-order chi connectivity index (χ0) is 15.4. The molecule has 1 aliphatic carbocycles. The zero-order valence-electron chi connectivity index (χ0n) is 12.7. The van der Waals surface area contributed by atoms with Gasteiger partial charge in [0.15, 0.2) is 0 Å². The first-order chi connectivity index (χ1) is 10.7. The normalized spacial score (nSPS) is 15.5. The molecule has 1 heterocycles. The van der Waals surface area contributed by atoms with E-state index in [1.54, 1.807) is 13.1 Å². The van der Waals surface area contributed by atoms with Gasteiger partial charge in [-0.25, -0.2) is 4.98 Å². The highest BCUT2D eigenvalue weighted by Gasteiger charge is 2.24. The van der Waals surface area contributed by atoms with Crippen molar-refractivity contribution in [2.45, 2.75) is 32.4 Å². The van der Waals surface area contributed by atoms with E-state index in [0.29, 0.717) is 19.1 Å². The summed E-state index contributed by atoms with van der Waals surface area (Å²) in [5.41, 5.74) is 2.02. The standard InChI is InChI=1S/C17H21N3O2/c1-12(22-11-13-7-8-13)17(21)19-10-16-18-9-15(20-16)14-5-3-2-4-6-14/h2-6,9,12-13H,7-8,10-11H2,1H3,(H,18,20)(H,19,21)/t12-/m1/s1. The average molecular weight is 299 g/mol. The van der Waals surface area contributed by atoms with E-state index in [9.17, 15) is 4.79 Å². The van der Waals surface area contributed by atoms with Crippen LogP contribution in [0.2, 0.25) is 0 Å². The summed E-state index contributed by atoms with van der Waals surface area (Å²) in [4.78, 5) is 19.5. The van der Waals surface area contributed by atoms with Crippen LogP contribution in [-0.2, 0) is 16.1 Å². The molecule has 0 aliphatic heterocycles. The zero-order valence-corrected chi connectivity index (χ0v) is 12.7. The molecule has 116 valence electrons. The van der Waals surface area contributed by atoms with Crippen molar-refractivity contribution >= 4 is 5.91 Å². The van der Waals surface area contributed by atoms with E-state index in [-0.39, 0.29) is 5.91 Å². The monoisotopic (exact) mass is 299 g/mol. The molecule has 1 saturated carbocycles. The van der Waals surface area contributed by atoms with Gasteiger partial charge in [-0.05, 0) is 31.2 Å². The molecule has 1 aromatic heterocycles. The topological polar surface area (TPSA) is 67.0 Å². The summed E-state index contributed by atoms with van der Waals surface area (Å²) in [5, 5.41) is 2.85. The van der Waals surface area contributed by atoms with Crippen molar-refractivity contribution in [2.24, 2.45) is 5.92 Å². The van der Waals surface area contributed by atoms with Crippen molar-refractivity contribution in [1.82, 2.24) is 15.3 Å². The third-order valence-electron chi connectivity index (χ3n) is 3.79. The number of aromatic amines is 1. The van der Waals surface area contributed by atoms with Crippen LogP contribution in [0.25, 0.3) is 11.3 Å². The molecule has 1 aromatic carbocycles. The van der Waals surface area contributed by atoms with Crippen LogP contribution < -0.4 is 5.32 Å². The Bertz CT molecular complexity index is 620. The fraction of sp³-hybridized carbons (Fsp3) is 0.412. The lowest BCUT2D eigenvalue weighted by atomic mass is 10.2. The molecule has 1 fully saturated rings. The van der Waals surface area contributed by atoms with Gasteiger partial charge in [0.1, 0.15) is 11.9 Å². The van der Waals surface area contributed by atoms with Gasteiger partial charge in [-0.1, -0.05) is 30.3 Å². The number of ether oxygens (including phenoxy) is 1. The fourth-order valence-electron chi connectivity index (χ4n) is 2.17. The first kappa shape index (κ1) is 14.8. The summed E-state index contributed by atoms with van der Waals surface area (Å²) in [6, 6.07) is 9.98. The minimum absolute atomic E-state index is 0.0988. The van der Waals surface area contributed by atoms with E-state index in [1.165, 1.54) is 12.8 Å². The number of benzene rings is 1. The predicted octanol–water partition coefficient (Wildman–Crippen LogP) is 2.51. The molecule has 1 aliphatic rings. The Hall–Kier alpha value is -2.14. The van der Waals surface area contributed by atoms with Gasteiger partial charge in [0.25, 0.3) is 0 Å². The SMILES string of the molecule is C[C@@H](OCC1CC1)C(=O)NCc1ncc(-c2ccccc2)[nH]1. The Labute approximate surface area is 130 Å². The second kappa shape index (κ2) is 6.75. The smallest absolute Gasteiger partial charge is 0.249 e. The van der Waals surface area contributed by atoms with Gasteiger partial charge in [-0.15, -0.1) is 0 Å². The summed E-state index contributed by atoms with van der Waals surface area (Å²) < 4.78 is 5.55. The number of rotatable bonds is 7. The molecule has 1 amide bonds. The molecule has 2 aromatic rings. The van der Waals surface area contributed by atoms with Gasteiger partial charge in [0.05, 0.1) is 25.0 Å². The molecule has 3 rings (SSSR count). The minimum Gasteiger partial charge on any atom is -0.368 e. The van der Waals surface area contributed by atoms with Gasteiger partial charge in [-0.2, -0.15) is 0 Å². The third kappa shape index (κ3) is 3.95. The van der Waals surface area contributed by atoms with Crippen LogP contribution in [0.4, 0.5) is 0 Å². The lowest BCUT2D eigenvalue weighted by Gasteiger charge is -2.12. The van der Waals surface area contributed by atoms with Gasteiger partial charge >= 0.3 is 0 Å². The minimum atomic E-state index is -0.413. The fourth-order valence-corrected chi connectivity index (χ4v) is 2.17. The van der Waals surface area contributed by atoms with Crippen LogP contribution in [0.3, 0.4) is 0 Å². The molecule has 1 atom stereocenters. The van der Waals surface area contributed by atoms with Crippen molar-refractivity contribution in [2.75, 3.05) is 6.61 Å². The van der Waals surface area contributed by atoms with E-state index in [1.807, 2.05) is 30.3 Å². The Balaban J connectivity index is 1.48. The van der Waals surface area contributed by atoms with Gasteiger partial charge in [-0.3, -0.25) is 4.79 Å². The Morgan fingerprint density at radius 3 is 2.91 bits per heavy atom. The lowest BCUT2D eigenvalue weighted by molar-refractivity contribution is -0.132. The molecule has 0 spiro atoms. The van der Waals surface area contributed by atoms with Crippen LogP contribution in [0.5, 0.6) is 0 Å². The first-order valence-electron chi connectivity index (χ1n) is 7.71. The molecule has 22 heavy (non-hydrogen) atoms. The summed E-state index contributed by atoms with van der Waals surface area (Å²) in [7, 11) is 0. The summed E-state index contributed by atoms with van der Waals surface area (Å²) in [6.45, 7) is 2.85. The highest BCUT2D eigenvalue weighted by molar-refractivity contribution is 5.80. The van der Waals surface area contributed by atoms with E-state index < -0.39 is 6.10 Å². The largest absolute Gasteiger partial charge is 0.368 e. The molecule has 5 nitrogen and oxygen atoms in total. The molecular weight excluding hydrogens is 278 g/mol. The number of hydrogen-bond donors (Lipinski definition) is 2. The van der Waals surface area contributed by atoms with Crippen molar-refractivity contribution in [3.05, 3.63) is 42.4 Å². The highest BCUT2D eigenvalue weighted by atomic mass is 16.5. The molecule has 0 saturated heterocycles. The van der Waals surface area contributed by atoms with Crippen molar-refractivity contribution in [3.8, 4) is 11.3 Å². The number of H-pyrrole nitrogens is 1. The van der Waals surface area contributed by atoms with Crippen LogP contribution in [0.1, 0.15) is 25.6 Å². The molecule has 0 unspecified atom stereocenters. The van der Waals surface area contributed by atoms with E-state index in [2.05, 4.69) is 15.3 Å². The second-order valence-corrected chi connectivity index (χ2v) is 5.75. The quantitative estimate of drug-likeness (QED) is 0.825. The molecule has 0 bridgehead atoms. The van der Waals surface area contributed by atoms with E-state index in [0.717, 1.165) is 17.1 Å². The van der Waals surface area contributed by atoms with Crippen molar-refractivity contribution < 1.29 is 9.53 Å². The van der Waals surface area contributed by atoms with Crippen molar-refractivity contribution in [1.29, 1.82) is 0 Å². The predicted molar refractivity (Wildman–Crippen MR) is 84.0 cm³/mol. The van der Waals surface area contributed by atoms with Crippen LogP contribution in [-0.4, -0.2) is 28.6 Å². The van der Waals surface area contributed by atoms with Gasteiger partial charge < -0.3 is 15.0 Å². The van der Waals surface area contributed by atoms with E-state index in [4.69, 9.17) is 4.74 Å². The lowest BCUT2D eigenvalue weighted by Crippen LogP contribution is -2.34. The van der Waals surface area contributed by atoms with Crippen LogP contribution in [0, 0.1) is 5.92 Å². The molecule has 2 N–H and O–H groups in total.